The number of imidazole rings is 1. The maximum absolute atomic E-state index is 12.8. The van der Waals surface area contributed by atoms with Gasteiger partial charge in [-0.2, -0.15) is 5.26 Å². The molecule has 3 aromatic rings. The Bertz CT molecular complexity index is 1480. The molecule has 1 aliphatic heterocycles. The van der Waals surface area contributed by atoms with E-state index >= 15 is 0 Å². The number of halogens is 1. The largest absolute Gasteiger partial charge is 0.493 e. The van der Waals surface area contributed by atoms with Crippen molar-refractivity contribution < 1.29 is 24.0 Å². The quantitative estimate of drug-likeness (QED) is 0.375. The summed E-state index contributed by atoms with van der Waals surface area (Å²) in [6.07, 6.45) is 3.12. The van der Waals surface area contributed by atoms with Crippen LogP contribution in [0, 0.1) is 18.3 Å². The van der Waals surface area contributed by atoms with Crippen LogP contribution < -0.4 is 5.69 Å². The first kappa shape index (κ1) is 23.7. The van der Waals surface area contributed by atoms with E-state index < -0.39 is 32.0 Å². The number of rotatable bonds is 6. The van der Waals surface area contributed by atoms with Gasteiger partial charge in [0.25, 0.3) is 0 Å². The Labute approximate surface area is 198 Å². The van der Waals surface area contributed by atoms with Crippen molar-refractivity contribution in [2.24, 2.45) is 4.99 Å². The molecule has 174 valence electrons. The van der Waals surface area contributed by atoms with Gasteiger partial charge >= 0.3 is 13.5 Å². The lowest BCUT2D eigenvalue weighted by atomic mass is 10.0. The molecule has 0 amide bonds. The van der Waals surface area contributed by atoms with E-state index in [1.807, 2.05) is 13.0 Å². The summed E-state index contributed by atoms with van der Waals surface area (Å²) in [7, 11) is -4.87. The number of aromatic nitrogens is 2. The maximum atomic E-state index is 12.8. The van der Waals surface area contributed by atoms with Gasteiger partial charge in [0.05, 0.1) is 30.0 Å². The van der Waals surface area contributed by atoms with Crippen LogP contribution in [0.1, 0.15) is 34.0 Å². The highest BCUT2D eigenvalue weighted by atomic mass is 35.5. The van der Waals surface area contributed by atoms with E-state index in [-0.39, 0.29) is 5.69 Å². The van der Waals surface area contributed by atoms with Crippen molar-refractivity contribution in [2.75, 3.05) is 6.61 Å². The molecule has 0 fully saturated rings. The number of aliphatic imine (C=N–C) groups is 1. The molecule has 4 rings (SSSR count). The lowest BCUT2D eigenvalue weighted by molar-refractivity contribution is 0.175. The minimum absolute atomic E-state index is 0.0710. The number of benzene rings is 2. The van der Waals surface area contributed by atoms with E-state index in [0.717, 1.165) is 15.7 Å². The summed E-state index contributed by atoms with van der Waals surface area (Å²) in [4.78, 5) is 38.1. The Kier molecular flexibility index (Phi) is 6.32. The maximum Gasteiger partial charge on any atom is 0.469 e. The zero-order valence-electron chi connectivity index (χ0n) is 17.6. The van der Waals surface area contributed by atoms with Crippen LogP contribution in [0.4, 0.5) is 5.69 Å². The van der Waals surface area contributed by atoms with E-state index in [2.05, 4.69) is 14.5 Å². The Morgan fingerprint density at radius 3 is 2.65 bits per heavy atom. The number of aromatic amines is 1. The SMILES string of the molecule is Cc1c(Cl)ccc2c1N=CC2=Cc1[nH]c(=O)n(C(COP(=O)(O)O)c2ccc(C#N)cc2)c1O. The average molecular weight is 501 g/mol. The van der Waals surface area contributed by atoms with Crippen molar-refractivity contribution >= 4 is 43.0 Å². The summed E-state index contributed by atoms with van der Waals surface area (Å²) in [6.45, 7) is 1.22. The molecular formula is C22H18ClN4O6P. The molecule has 1 unspecified atom stereocenters. The highest BCUT2D eigenvalue weighted by Gasteiger charge is 2.27. The van der Waals surface area contributed by atoms with Gasteiger partial charge in [-0.15, -0.1) is 0 Å². The third-order valence-electron chi connectivity index (χ3n) is 5.37. The molecule has 0 bridgehead atoms. The lowest BCUT2D eigenvalue weighted by Crippen LogP contribution is -2.26. The molecule has 4 N–H and O–H groups in total. The Hall–Kier alpha value is -3.45. The summed E-state index contributed by atoms with van der Waals surface area (Å²) in [5.74, 6) is -0.464. The van der Waals surface area contributed by atoms with E-state index in [1.54, 1.807) is 18.3 Å². The first-order chi connectivity index (χ1) is 16.1. The number of fused-ring (bicyclic) bond motifs is 1. The van der Waals surface area contributed by atoms with Crippen LogP contribution in [-0.4, -0.2) is 37.3 Å². The number of aromatic hydroxyl groups is 1. The van der Waals surface area contributed by atoms with Gasteiger partial charge < -0.3 is 19.9 Å². The van der Waals surface area contributed by atoms with Crippen molar-refractivity contribution in [3.05, 3.63) is 79.9 Å². The molecule has 1 aliphatic rings. The second-order valence-electron chi connectivity index (χ2n) is 7.50. The van der Waals surface area contributed by atoms with Crippen molar-refractivity contribution in [2.45, 2.75) is 13.0 Å². The van der Waals surface area contributed by atoms with E-state index in [9.17, 15) is 14.5 Å². The molecule has 0 saturated carbocycles. The van der Waals surface area contributed by atoms with Gasteiger partial charge in [0.1, 0.15) is 5.69 Å². The lowest BCUT2D eigenvalue weighted by Gasteiger charge is -2.19. The smallest absolute Gasteiger partial charge is 0.469 e. The predicted molar refractivity (Wildman–Crippen MR) is 126 cm³/mol. The molecule has 0 spiro atoms. The van der Waals surface area contributed by atoms with Crippen molar-refractivity contribution in [1.29, 1.82) is 5.26 Å². The number of nitrogens with one attached hydrogen (secondary N) is 1. The van der Waals surface area contributed by atoms with Gasteiger partial charge in [0.2, 0.25) is 5.88 Å². The van der Waals surface area contributed by atoms with Crippen LogP contribution in [0.15, 0.2) is 46.2 Å². The molecule has 2 aromatic carbocycles. The summed E-state index contributed by atoms with van der Waals surface area (Å²) in [5.41, 5.74) is 2.96. The fourth-order valence-corrected chi connectivity index (χ4v) is 4.15. The zero-order valence-corrected chi connectivity index (χ0v) is 19.3. The second-order valence-corrected chi connectivity index (χ2v) is 9.15. The number of allylic oxidation sites excluding steroid dienone is 1. The summed E-state index contributed by atoms with van der Waals surface area (Å²) >= 11 is 6.15. The minimum Gasteiger partial charge on any atom is -0.493 e. The summed E-state index contributed by atoms with van der Waals surface area (Å²) < 4.78 is 16.9. The summed E-state index contributed by atoms with van der Waals surface area (Å²) in [6, 6.07) is 10.4. The van der Waals surface area contributed by atoms with E-state index in [1.165, 1.54) is 30.3 Å². The zero-order chi connectivity index (χ0) is 24.6. The highest BCUT2D eigenvalue weighted by Crippen LogP contribution is 2.40. The Morgan fingerprint density at radius 1 is 1.29 bits per heavy atom. The van der Waals surface area contributed by atoms with Crippen LogP contribution in [0.2, 0.25) is 5.02 Å². The van der Waals surface area contributed by atoms with Crippen LogP contribution in [0.5, 0.6) is 5.88 Å². The molecule has 0 aliphatic carbocycles. The number of hydrogen-bond donors (Lipinski definition) is 4. The molecule has 34 heavy (non-hydrogen) atoms. The number of phosphoric ester groups is 1. The Balaban J connectivity index is 1.78. The van der Waals surface area contributed by atoms with Crippen molar-refractivity contribution in [3.63, 3.8) is 0 Å². The van der Waals surface area contributed by atoms with Gasteiger partial charge in [-0.05, 0) is 42.3 Å². The number of H-pyrrole nitrogens is 1. The second kappa shape index (κ2) is 9.06. The van der Waals surface area contributed by atoms with Gasteiger partial charge in [-0.3, -0.25) is 14.1 Å². The third-order valence-corrected chi connectivity index (χ3v) is 6.27. The van der Waals surface area contributed by atoms with Crippen LogP contribution in [0.25, 0.3) is 11.6 Å². The van der Waals surface area contributed by atoms with Crippen LogP contribution in [-0.2, 0) is 9.09 Å². The van der Waals surface area contributed by atoms with E-state index in [0.29, 0.717) is 27.4 Å². The minimum atomic E-state index is -4.87. The fourth-order valence-electron chi connectivity index (χ4n) is 3.66. The highest BCUT2D eigenvalue weighted by molar-refractivity contribution is 7.46. The number of nitriles is 1. The van der Waals surface area contributed by atoms with Gasteiger partial charge in [-0.1, -0.05) is 29.8 Å². The standard InChI is InChI=1S/C22H18ClN4O6P/c1-12-17(23)7-6-16-15(10-25-20(12)16)8-18-21(28)27(22(29)26-18)19(11-33-34(30,31)32)14-4-2-13(9-24)3-5-14/h2-8,10,19,28H,11H2,1H3,(H,26,29)(H2,30,31,32). The first-order valence-corrected chi connectivity index (χ1v) is 11.8. The van der Waals surface area contributed by atoms with Crippen LogP contribution in [0.3, 0.4) is 0 Å². The van der Waals surface area contributed by atoms with Crippen molar-refractivity contribution in [3.8, 4) is 11.9 Å². The molecule has 1 atom stereocenters. The number of phosphoric acid groups is 1. The normalized spacial score (nSPS) is 14.9. The monoisotopic (exact) mass is 500 g/mol. The fraction of sp³-hybridized carbons (Fsp3) is 0.136. The van der Waals surface area contributed by atoms with Gasteiger partial charge in [0.15, 0.2) is 0 Å². The molecule has 1 aromatic heterocycles. The van der Waals surface area contributed by atoms with Gasteiger partial charge in [-0.25, -0.2) is 9.36 Å². The summed E-state index contributed by atoms with van der Waals surface area (Å²) in [5, 5.41) is 20.5. The van der Waals surface area contributed by atoms with Gasteiger partial charge in [0, 0.05) is 22.4 Å². The molecule has 12 heteroatoms. The van der Waals surface area contributed by atoms with E-state index in [4.69, 9.17) is 26.6 Å². The Morgan fingerprint density at radius 2 is 2.00 bits per heavy atom. The molecular weight excluding hydrogens is 483 g/mol. The number of nitrogens with zero attached hydrogens (tertiary/aromatic N) is 3. The average Bonchev–Trinajstić information content (AvgIpc) is 3.32. The number of hydrogen-bond acceptors (Lipinski definition) is 6. The third kappa shape index (κ3) is 4.61. The van der Waals surface area contributed by atoms with Crippen LogP contribution >= 0.6 is 19.4 Å². The predicted octanol–water partition coefficient (Wildman–Crippen LogP) is 3.67. The topological polar surface area (TPSA) is 161 Å². The molecule has 10 nitrogen and oxygen atoms in total. The van der Waals surface area contributed by atoms with Crippen molar-refractivity contribution in [1.82, 2.24) is 9.55 Å². The molecule has 0 saturated heterocycles. The molecule has 2 heterocycles. The molecule has 0 radical (unpaired) electrons. The first-order valence-electron chi connectivity index (χ1n) is 9.88.